The number of rotatable bonds is 6. The summed E-state index contributed by atoms with van der Waals surface area (Å²) in [5.41, 5.74) is 4.26. The van der Waals surface area contributed by atoms with Crippen LogP contribution in [0.25, 0.3) is 0 Å². The Balaban J connectivity index is 1.98. The zero-order chi connectivity index (χ0) is 14.8. The minimum absolute atomic E-state index is 0.0428. The third-order valence-corrected chi connectivity index (χ3v) is 5.16. The fourth-order valence-electron chi connectivity index (χ4n) is 2.66. The molecule has 1 aliphatic rings. The smallest absolute Gasteiger partial charge is 0.0944 e. The summed E-state index contributed by atoms with van der Waals surface area (Å²) in [6.07, 6.45) is 5.39. The Hall–Kier alpha value is -0.490. The quantitative estimate of drug-likeness (QED) is 0.626. The number of thiazole rings is 1. The summed E-state index contributed by atoms with van der Waals surface area (Å²) in [4.78, 5) is 4.75. The van der Waals surface area contributed by atoms with Crippen molar-refractivity contribution in [2.45, 2.75) is 69.9 Å². The monoisotopic (exact) mass is 297 g/mol. The van der Waals surface area contributed by atoms with E-state index in [9.17, 15) is 0 Å². The molecule has 0 aliphatic heterocycles. The van der Waals surface area contributed by atoms with E-state index in [1.165, 1.54) is 12.1 Å². The molecule has 20 heavy (non-hydrogen) atoms. The van der Waals surface area contributed by atoms with Gasteiger partial charge < -0.3 is 4.74 Å². The van der Waals surface area contributed by atoms with Crippen LogP contribution in [-0.2, 0) is 16.6 Å². The van der Waals surface area contributed by atoms with Gasteiger partial charge in [0.05, 0.1) is 16.3 Å². The van der Waals surface area contributed by atoms with Gasteiger partial charge in [-0.05, 0) is 25.7 Å². The Bertz CT molecular complexity index is 429. The number of aromatic nitrogens is 1. The molecule has 1 aromatic rings. The van der Waals surface area contributed by atoms with Gasteiger partial charge in [0, 0.05) is 30.4 Å². The van der Waals surface area contributed by atoms with E-state index in [-0.39, 0.29) is 17.1 Å². The molecular weight excluding hydrogens is 270 g/mol. The molecule has 0 amide bonds. The van der Waals surface area contributed by atoms with E-state index in [2.05, 4.69) is 31.6 Å². The van der Waals surface area contributed by atoms with Crippen molar-refractivity contribution in [2.24, 2.45) is 5.84 Å². The molecule has 0 saturated heterocycles. The highest BCUT2D eigenvalue weighted by molar-refractivity contribution is 7.09. The van der Waals surface area contributed by atoms with Crippen LogP contribution in [0.1, 0.15) is 57.2 Å². The molecule has 5 heteroatoms. The zero-order valence-electron chi connectivity index (χ0n) is 13.0. The molecule has 0 spiro atoms. The summed E-state index contributed by atoms with van der Waals surface area (Å²) in [6.45, 7) is 6.58. The minimum atomic E-state index is 0.0428. The maximum Gasteiger partial charge on any atom is 0.0944 e. The van der Waals surface area contributed by atoms with E-state index < -0.39 is 0 Å². The topological polar surface area (TPSA) is 60.2 Å². The highest BCUT2D eigenvalue weighted by Crippen LogP contribution is 2.39. The second kappa shape index (κ2) is 6.10. The van der Waals surface area contributed by atoms with Crippen LogP contribution in [0.3, 0.4) is 0 Å². The Morgan fingerprint density at radius 2 is 2.20 bits per heavy atom. The largest absolute Gasteiger partial charge is 0.378 e. The summed E-state index contributed by atoms with van der Waals surface area (Å²) >= 11 is 1.73. The molecule has 1 saturated carbocycles. The first kappa shape index (κ1) is 15.9. The molecule has 3 N–H and O–H groups in total. The van der Waals surface area contributed by atoms with Crippen molar-refractivity contribution >= 4 is 11.3 Å². The van der Waals surface area contributed by atoms with Gasteiger partial charge in [0.25, 0.3) is 0 Å². The van der Waals surface area contributed by atoms with Crippen molar-refractivity contribution in [1.29, 1.82) is 0 Å². The number of ether oxygens (including phenoxy) is 1. The van der Waals surface area contributed by atoms with E-state index in [4.69, 9.17) is 15.6 Å². The van der Waals surface area contributed by atoms with Crippen LogP contribution in [0.5, 0.6) is 0 Å². The van der Waals surface area contributed by atoms with Gasteiger partial charge in [-0.1, -0.05) is 20.8 Å². The molecule has 0 bridgehead atoms. The van der Waals surface area contributed by atoms with Crippen LogP contribution < -0.4 is 11.3 Å². The van der Waals surface area contributed by atoms with Crippen molar-refractivity contribution in [3.63, 3.8) is 0 Å². The highest BCUT2D eigenvalue weighted by Gasteiger charge is 2.39. The molecule has 2 rings (SSSR count). The molecule has 1 aliphatic carbocycles. The average Bonchev–Trinajstić information content (AvgIpc) is 2.80. The Labute approximate surface area is 126 Å². The third kappa shape index (κ3) is 3.58. The molecule has 0 aromatic carbocycles. The molecule has 1 unspecified atom stereocenters. The van der Waals surface area contributed by atoms with Gasteiger partial charge in [-0.2, -0.15) is 0 Å². The summed E-state index contributed by atoms with van der Waals surface area (Å²) in [7, 11) is 1.81. The third-order valence-electron chi connectivity index (χ3n) is 4.29. The molecule has 1 atom stereocenters. The van der Waals surface area contributed by atoms with Gasteiger partial charge in [-0.25, -0.2) is 4.98 Å². The highest BCUT2D eigenvalue weighted by atomic mass is 32.1. The molecule has 1 fully saturated rings. The lowest BCUT2D eigenvalue weighted by Crippen LogP contribution is -2.48. The van der Waals surface area contributed by atoms with Gasteiger partial charge in [-0.15, -0.1) is 11.3 Å². The number of hydrazine groups is 1. The van der Waals surface area contributed by atoms with Crippen LogP contribution in [0.2, 0.25) is 0 Å². The summed E-state index contributed by atoms with van der Waals surface area (Å²) in [5.74, 6) is 5.73. The fourth-order valence-corrected chi connectivity index (χ4v) is 3.76. The predicted octanol–water partition coefficient (Wildman–Crippen LogP) is 2.77. The van der Waals surface area contributed by atoms with E-state index in [1.54, 1.807) is 11.3 Å². The lowest BCUT2D eigenvalue weighted by atomic mass is 9.75. The van der Waals surface area contributed by atoms with Crippen molar-refractivity contribution in [2.75, 3.05) is 7.11 Å². The van der Waals surface area contributed by atoms with Crippen molar-refractivity contribution < 1.29 is 4.74 Å². The number of hydrogen-bond acceptors (Lipinski definition) is 5. The first-order valence-corrected chi connectivity index (χ1v) is 8.23. The Morgan fingerprint density at radius 1 is 1.50 bits per heavy atom. The molecule has 0 radical (unpaired) electrons. The number of nitrogens with one attached hydrogen (secondary N) is 1. The molecule has 4 nitrogen and oxygen atoms in total. The van der Waals surface area contributed by atoms with Gasteiger partial charge >= 0.3 is 0 Å². The SMILES string of the molecule is COC1(CC(Cc2nc(C(C)(C)C)cs2)NN)CCC1. The van der Waals surface area contributed by atoms with E-state index >= 15 is 0 Å². The Kier molecular flexibility index (Phi) is 4.84. The summed E-state index contributed by atoms with van der Waals surface area (Å²) in [6, 6.07) is 0.231. The number of nitrogens with two attached hydrogens (primary N) is 1. The van der Waals surface area contributed by atoms with Crippen LogP contribution >= 0.6 is 11.3 Å². The lowest BCUT2D eigenvalue weighted by Gasteiger charge is -2.42. The van der Waals surface area contributed by atoms with Crippen molar-refractivity contribution in [3.8, 4) is 0 Å². The molecule has 1 aromatic heterocycles. The maximum atomic E-state index is 5.73. The van der Waals surface area contributed by atoms with Gasteiger partial charge in [0.1, 0.15) is 0 Å². The Morgan fingerprint density at radius 3 is 2.60 bits per heavy atom. The second-order valence-corrected chi connectivity index (χ2v) is 7.83. The number of nitrogens with zero attached hydrogens (tertiary/aromatic N) is 1. The number of hydrogen-bond donors (Lipinski definition) is 2. The standard InChI is InChI=1S/C15H27N3OS/c1-14(2,3)12-10-20-13(17-12)8-11(18-16)9-15(19-4)6-5-7-15/h10-11,18H,5-9,16H2,1-4H3. The van der Waals surface area contributed by atoms with Crippen molar-refractivity contribution in [1.82, 2.24) is 10.4 Å². The van der Waals surface area contributed by atoms with Gasteiger partial charge in [-0.3, -0.25) is 11.3 Å². The van der Waals surface area contributed by atoms with E-state index in [0.717, 1.165) is 30.7 Å². The molecule has 114 valence electrons. The average molecular weight is 297 g/mol. The maximum absolute atomic E-state index is 5.73. The van der Waals surface area contributed by atoms with Crippen LogP contribution in [0.4, 0.5) is 0 Å². The van der Waals surface area contributed by atoms with Gasteiger partial charge in [0.15, 0.2) is 0 Å². The predicted molar refractivity (Wildman–Crippen MR) is 83.8 cm³/mol. The second-order valence-electron chi connectivity index (χ2n) is 6.89. The van der Waals surface area contributed by atoms with Crippen LogP contribution in [-0.4, -0.2) is 23.7 Å². The fraction of sp³-hybridized carbons (Fsp3) is 0.800. The van der Waals surface area contributed by atoms with Crippen LogP contribution in [0, 0.1) is 0 Å². The molecular formula is C15H27N3OS. The van der Waals surface area contributed by atoms with Gasteiger partial charge in [0.2, 0.25) is 0 Å². The van der Waals surface area contributed by atoms with E-state index in [0.29, 0.717) is 0 Å². The summed E-state index contributed by atoms with van der Waals surface area (Å²) < 4.78 is 5.69. The van der Waals surface area contributed by atoms with E-state index in [1.807, 2.05) is 7.11 Å². The zero-order valence-corrected chi connectivity index (χ0v) is 13.8. The molecule has 1 heterocycles. The van der Waals surface area contributed by atoms with Crippen LogP contribution in [0.15, 0.2) is 5.38 Å². The normalized spacial score (nSPS) is 19.6. The van der Waals surface area contributed by atoms with Crippen molar-refractivity contribution in [3.05, 3.63) is 16.1 Å². The first-order valence-electron chi connectivity index (χ1n) is 7.35. The minimum Gasteiger partial charge on any atom is -0.378 e. The number of methoxy groups -OCH3 is 1. The first-order chi connectivity index (χ1) is 9.38. The lowest BCUT2D eigenvalue weighted by molar-refractivity contribution is -0.0834. The summed E-state index contributed by atoms with van der Waals surface area (Å²) in [5, 5.41) is 3.32.